The van der Waals surface area contributed by atoms with Crippen LogP contribution in [0.1, 0.15) is 20.8 Å². The van der Waals surface area contributed by atoms with Crippen molar-refractivity contribution in [3.8, 4) is 0 Å². The van der Waals surface area contributed by atoms with Crippen LogP contribution in [0, 0.1) is 0 Å². The van der Waals surface area contributed by atoms with Crippen molar-refractivity contribution in [1.29, 1.82) is 0 Å². The van der Waals surface area contributed by atoms with E-state index in [0.717, 1.165) is 26.2 Å². The van der Waals surface area contributed by atoms with Gasteiger partial charge in [0.05, 0.1) is 6.61 Å². The molecule has 1 aliphatic heterocycles. The van der Waals surface area contributed by atoms with Gasteiger partial charge in [0.15, 0.2) is 0 Å². The zero-order valence-corrected chi connectivity index (χ0v) is 11.2. The van der Waals surface area contributed by atoms with E-state index in [0.29, 0.717) is 13.2 Å². The van der Waals surface area contributed by atoms with Crippen molar-refractivity contribution in [2.45, 2.75) is 26.3 Å². The van der Waals surface area contributed by atoms with Crippen LogP contribution in [-0.2, 0) is 9.53 Å². The fourth-order valence-electron chi connectivity index (χ4n) is 1.96. The summed E-state index contributed by atoms with van der Waals surface area (Å²) in [6.07, 6.45) is 0. The third kappa shape index (κ3) is 4.61. The first kappa shape index (κ1) is 14.4. The van der Waals surface area contributed by atoms with Gasteiger partial charge in [-0.2, -0.15) is 0 Å². The number of carbonyl (C=O) groups excluding carboxylic acids is 1. The molecule has 1 fully saturated rings. The van der Waals surface area contributed by atoms with Crippen LogP contribution < -0.4 is 5.73 Å². The molecule has 2 N–H and O–H groups in total. The van der Waals surface area contributed by atoms with Crippen molar-refractivity contribution < 1.29 is 9.53 Å². The highest BCUT2D eigenvalue weighted by atomic mass is 16.5. The van der Waals surface area contributed by atoms with Crippen molar-refractivity contribution in [3.63, 3.8) is 0 Å². The normalized spacial score (nSPS) is 18.5. The molecule has 1 aliphatic rings. The van der Waals surface area contributed by atoms with E-state index in [9.17, 15) is 4.79 Å². The van der Waals surface area contributed by atoms with Gasteiger partial charge in [0, 0.05) is 38.3 Å². The van der Waals surface area contributed by atoms with Gasteiger partial charge in [-0.25, -0.2) is 0 Å². The minimum absolute atomic E-state index is 0.0759. The first-order chi connectivity index (χ1) is 7.95. The van der Waals surface area contributed by atoms with Crippen LogP contribution >= 0.6 is 0 Å². The van der Waals surface area contributed by atoms with E-state index in [4.69, 9.17) is 10.5 Å². The average Bonchev–Trinajstić information content (AvgIpc) is 2.28. The van der Waals surface area contributed by atoms with Gasteiger partial charge in [-0.05, 0) is 20.8 Å². The Labute approximate surface area is 104 Å². The van der Waals surface area contributed by atoms with E-state index in [1.54, 1.807) is 0 Å². The van der Waals surface area contributed by atoms with Gasteiger partial charge in [-0.3, -0.25) is 9.69 Å². The Balaban J connectivity index is 2.29. The molecule has 0 aliphatic carbocycles. The van der Waals surface area contributed by atoms with Crippen molar-refractivity contribution in [2.24, 2.45) is 5.73 Å². The summed E-state index contributed by atoms with van der Waals surface area (Å²) < 4.78 is 5.16. The van der Waals surface area contributed by atoms with Crippen molar-refractivity contribution >= 4 is 5.91 Å². The molecule has 0 aromatic heterocycles. The van der Waals surface area contributed by atoms with E-state index in [-0.39, 0.29) is 18.1 Å². The molecule has 17 heavy (non-hydrogen) atoms. The summed E-state index contributed by atoms with van der Waals surface area (Å²) in [6, 6.07) is 0. The van der Waals surface area contributed by atoms with Crippen LogP contribution in [0.25, 0.3) is 0 Å². The number of hydrogen-bond acceptors (Lipinski definition) is 4. The van der Waals surface area contributed by atoms with E-state index in [1.807, 2.05) is 4.90 Å². The number of rotatable bonds is 4. The van der Waals surface area contributed by atoms with Crippen molar-refractivity contribution in [2.75, 3.05) is 45.9 Å². The molecule has 1 heterocycles. The fourth-order valence-corrected chi connectivity index (χ4v) is 1.96. The predicted octanol–water partition coefficient (Wildman–Crippen LogP) is -0.0956. The first-order valence-electron chi connectivity index (χ1n) is 6.26. The number of piperazine rings is 1. The maximum atomic E-state index is 11.8. The zero-order valence-electron chi connectivity index (χ0n) is 11.2. The molecule has 0 aromatic rings. The summed E-state index contributed by atoms with van der Waals surface area (Å²) in [6.45, 7) is 11.1. The number of carbonyl (C=O) groups is 1. The summed E-state index contributed by atoms with van der Waals surface area (Å²) in [4.78, 5) is 16.0. The summed E-state index contributed by atoms with van der Waals surface area (Å²) in [5.74, 6) is 0.0759. The maximum Gasteiger partial charge on any atom is 0.248 e. The fraction of sp³-hybridized carbons (Fsp3) is 0.917. The molecule has 5 nitrogen and oxygen atoms in total. The van der Waals surface area contributed by atoms with Crippen LogP contribution in [0.4, 0.5) is 0 Å². The standard InChI is InChI=1S/C12H25N3O2/c1-12(2,3)15-7-5-14(6-8-15)11(16)10-17-9-4-13/h4-10,13H2,1-3H3. The molecule has 1 saturated heterocycles. The molecule has 0 unspecified atom stereocenters. The molecule has 0 spiro atoms. The molecule has 1 rings (SSSR count). The number of ether oxygens (including phenoxy) is 1. The van der Waals surface area contributed by atoms with Gasteiger partial charge in [-0.1, -0.05) is 0 Å². The third-order valence-corrected chi connectivity index (χ3v) is 3.07. The van der Waals surface area contributed by atoms with Crippen LogP contribution in [0.2, 0.25) is 0 Å². The number of nitrogens with zero attached hydrogens (tertiary/aromatic N) is 2. The molecule has 0 atom stereocenters. The number of amides is 1. The van der Waals surface area contributed by atoms with Crippen molar-refractivity contribution in [3.05, 3.63) is 0 Å². The Kier molecular flexibility index (Phi) is 5.36. The van der Waals surface area contributed by atoms with Crippen molar-refractivity contribution in [1.82, 2.24) is 9.80 Å². The Hall–Kier alpha value is -0.650. The van der Waals surface area contributed by atoms with Crippen LogP contribution in [-0.4, -0.2) is 67.2 Å². The van der Waals surface area contributed by atoms with Crippen LogP contribution in [0.15, 0.2) is 0 Å². The minimum Gasteiger partial charge on any atom is -0.370 e. The molecule has 100 valence electrons. The van der Waals surface area contributed by atoms with E-state index in [2.05, 4.69) is 25.7 Å². The Morgan fingerprint density at radius 3 is 2.29 bits per heavy atom. The largest absolute Gasteiger partial charge is 0.370 e. The highest BCUT2D eigenvalue weighted by molar-refractivity contribution is 5.77. The second-order valence-corrected chi connectivity index (χ2v) is 5.38. The van der Waals surface area contributed by atoms with E-state index >= 15 is 0 Å². The molecule has 0 aromatic carbocycles. The lowest BCUT2D eigenvalue weighted by Gasteiger charge is -2.42. The molecule has 5 heteroatoms. The Morgan fingerprint density at radius 1 is 1.24 bits per heavy atom. The topological polar surface area (TPSA) is 58.8 Å². The molecular weight excluding hydrogens is 218 g/mol. The molecule has 0 radical (unpaired) electrons. The number of hydrogen-bond donors (Lipinski definition) is 1. The number of nitrogens with two attached hydrogens (primary N) is 1. The monoisotopic (exact) mass is 243 g/mol. The first-order valence-corrected chi connectivity index (χ1v) is 6.26. The lowest BCUT2D eigenvalue weighted by Crippen LogP contribution is -2.55. The quantitative estimate of drug-likeness (QED) is 0.701. The van der Waals surface area contributed by atoms with Gasteiger partial charge in [0.2, 0.25) is 5.91 Å². The summed E-state index contributed by atoms with van der Waals surface area (Å²) in [7, 11) is 0. The van der Waals surface area contributed by atoms with Gasteiger partial charge in [0.1, 0.15) is 6.61 Å². The lowest BCUT2D eigenvalue weighted by molar-refractivity contribution is -0.138. The predicted molar refractivity (Wildman–Crippen MR) is 67.8 cm³/mol. The second kappa shape index (κ2) is 6.33. The third-order valence-electron chi connectivity index (χ3n) is 3.07. The minimum atomic E-state index is 0.0759. The highest BCUT2D eigenvalue weighted by Crippen LogP contribution is 2.15. The van der Waals surface area contributed by atoms with Crippen LogP contribution in [0.3, 0.4) is 0 Å². The van der Waals surface area contributed by atoms with Crippen LogP contribution in [0.5, 0.6) is 0 Å². The van der Waals surface area contributed by atoms with E-state index < -0.39 is 0 Å². The van der Waals surface area contributed by atoms with E-state index in [1.165, 1.54) is 0 Å². The zero-order chi connectivity index (χ0) is 12.9. The van der Waals surface area contributed by atoms with Gasteiger partial charge in [-0.15, -0.1) is 0 Å². The summed E-state index contributed by atoms with van der Waals surface area (Å²) in [5, 5.41) is 0. The highest BCUT2D eigenvalue weighted by Gasteiger charge is 2.27. The Bertz CT molecular complexity index is 243. The van der Waals surface area contributed by atoms with Gasteiger partial charge < -0.3 is 15.4 Å². The smallest absolute Gasteiger partial charge is 0.248 e. The second-order valence-electron chi connectivity index (χ2n) is 5.38. The molecule has 1 amide bonds. The summed E-state index contributed by atoms with van der Waals surface area (Å²) in [5.41, 5.74) is 5.49. The Morgan fingerprint density at radius 2 is 1.82 bits per heavy atom. The van der Waals surface area contributed by atoms with Gasteiger partial charge in [0.25, 0.3) is 0 Å². The SMILES string of the molecule is CC(C)(C)N1CCN(C(=O)COCCN)CC1. The maximum absolute atomic E-state index is 11.8. The molecule has 0 bridgehead atoms. The molecule has 0 saturated carbocycles. The molecular formula is C12H25N3O2. The lowest BCUT2D eigenvalue weighted by atomic mass is 10.1. The summed E-state index contributed by atoms with van der Waals surface area (Å²) >= 11 is 0. The average molecular weight is 243 g/mol. The van der Waals surface area contributed by atoms with Gasteiger partial charge >= 0.3 is 0 Å².